The maximum atomic E-state index is 10.3. The molecule has 0 spiro atoms. The highest BCUT2D eigenvalue weighted by molar-refractivity contribution is 5.81. The number of nitrogens with one attached hydrogen (secondary N) is 1. The first-order valence-electron chi connectivity index (χ1n) is 2.62. The predicted octanol–water partition coefficient (Wildman–Crippen LogP) is -1.54. The van der Waals surface area contributed by atoms with Gasteiger partial charge < -0.3 is 10.4 Å². The van der Waals surface area contributed by atoms with E-state index >= 15 is 0 Å². The average molecular weight is 162 g/mol. The van der Waals surface area contributed by atoms with E-state index < -0.39 is 29.9 Å². The number of nitro groups is 1. The quantitative estimate of drug-likeness (QED) is 0.384. The zero-order valence-corrected chi connectivity index (χ0v) is 5.44. The number of hydrogen-bond donors (Lipinski definition) is 2. The summed E-state index contributed by atoms with van der Waals surface area (Å²) in [5.41, 5.74) is 0. The molecule has 0 aliphatic carbocycles. The number of carboxylic acids is 1. The maximum absolute atomic E-state index is 10.3. The average Bonchev–Trinajstić information content (AvgIpc) is 1.82. The molecule has 0 aromatic rings. The second kappa shape index (κ2) is 4.20. The molecule has 0 radical (unpaired) electrons. The lowest BCUT2D eigenvalue weighted by molar-refractivity contribution is -0.467. The van der Waals surface area contributed by atoms with Crippen LogP contribution < -0.4 is 5.32 Å². The van der Waals surface area contributed by atoms with Gasteiger partial charge in [0.2, 0.25) is 0 Å². The summed E-state index contributed by atoms with van der Waals surface area (Å²) in [6.45, 7) is -1.49. The minimum absolute atomic E-state index is 0.591. The summed E-state index contributed by atoms with van der Waals surface area (Å²) in [5, 5.41) is 19.5. The Hall–Kier alpha value is -1.66. The van der Waals surface area contributed by atoms with Crippen LogP contribution in [0.5, 0.6) is 0 Å². The van der Waals surface area contributed by atoms with Crippen LogP contribution in [0, 0.1) is 10.1 Å². The van der Waals surface area contributed by atoms with Gasteiger partial charge in [-0.25, -0.2) is 0 Å². The Morgan fingerprint density at radius 3 is 2.45 bits per heavy atom. The Bertz CT molecular complexity index is 189. The first-order chi connectivity index (χ1) is 5.02. The van der Waals surface area contributed by atoms with Gasteiger partial charge in [0.1, 0.15) is 6.54 Å². The van der Waals surface area contributed by atoms with Crippen LogP contribution in [-0.2, 0) is 9.59 Å². The minimum atomic E-state index is -1.23. The molecule has 0 bridgehead atoms. The van der Waals surface area contributed by atoms with Crippen LogP contribution in [-0.4, -0.2) is 35.0 Å². The van der Waals surface area contributed by atoms with Gasteiger partial charge >= 0.3 is 5.97 Å². The van der Waals surface area contributed by atoms with Gasteiger partial charge in [0.15, 0.2) is 0 Å². The van der Waals surface area contributed by atoms with Crippen LogP contribution in [0.1, 0.15) is 0 Å². The van der Waals surface area contributed by atoms with Crippen LogP contribution in [0.15, 0.2) is 0 Å². The molecule has 0 saturated carbocycles. The van der Waals surface area contributed by atoms with Crippen molar-refractivity contribution in [2.45, 2.75) is 0 Å². The normalized spacial score (nSPS) is 8.73. The van der Waals surface area contributed by atoms with Crippen molar-refractivity contribution >= 4 is 11.9 Å². The standard InChI is InChI=1S/C4H6N2O5/c7-3(2-6(10)11)5-1-4(8)9/h1-2H2,(H,5,7)(H,8,9). The van der Waals surface area contributed by atoms with E-state index in [4.69, 9.17) is 5.11 Å². The Morgan fingerprint density at radius 1 is 1.55 bits per heavy atom. The smallest absolute Gasteiger partial charge is 0.322 e. The molecule has 0 atom stereocenters. The lowest BCUT2D eigenvalue weighted by Crippen LogP contribution is -2.33. The zero-order valence-electron chi connectivity index (χ0n) is 5.44. The minimum Gasteiger partial charge on any atom is -0.480 e. The SMILES string of the molecule is O=C(O)CNC(=O)C[N+](=O)[O-]. The molecule has 0 fully saturated rings. The van der Waals surface area contributed by atoms with Crippen molar-refractivity contribution in [3.63, 3.8) is 0 Å². The molecular formula is C4H6N2O5. The molecule has 11 heavy (non-hydrogen) atoms. The van der Waals surface area contributed by atoms with E-state index in [1.54, 1.807) is 0 Å². The Kier molecular flexibility index (Phi) is 3.57. The van der Waals surface area contributed by atoms with Crippen molar-refractivity contribution in [2.24, 2.45) is 0 Å². The number of hydrogen-bond acceptors (Lipinski definition) is 4. The van der Waals surface area contributed by atoms with Crippen LogP contribution in [0.2, 0.25) is 0 Å². The monoisotopic (exact) mass is 162 g/mol. The number of rotatable bonds is 4. The van der Waals surface area contributed by atoms with Gasteiger partial charge in [0, 0.05) is 4.92 Å². The Morgan fingerprint density at radius 2 is 2.09 bits per heavy atom. The van der Waals surface area contributed by atoms with Gasteiger partial charge in [0.05, 0.1) is 0 Å². The second-order valence-electron chi connectivity index (χ2n) is 1.66. The van der Waals surface area contributed by atoms with Gasteiger partial charge in [-0.2, -0.15) is 0 Å². The number of nitrogens with zero attached hydrogens (tertiary/aromatic N) is 1. The maximum Gasteiger partial charge on any atom is 0.322 e. The first-order valence-corrected chi connectivity index (χ1v) is 2.62. The number of amides is 1. The molecule has 0 aromatic heterocycles. The van der Waals surface area contributed by atoms with Crippen LogP contribution in [0.4, 0.5) is 0 Å². The van der Waals surface area contributed by atoms with E-state index in [0.717, 1.165) is 0 Å². The van der Waals surface area contributed by atoms with Crippen molar-refractivity contribution < 1.29 is 19.6 Å². The molecule has 0 aliphatic heterocycles. The highest BCUT2D eigenvalue weighted by atomic mass is 16.6. The van der Waals surface area contributed by atoms with E-state index in [0.29, 0.717) is 0 Å². The van der Waals surface area contributed by atoms with Crippen molar-refractivity contribution in [1.29, 1.82) is 0 Å². The fraction of sp³-hybridized carbons (Fsp3) is 0.500. The highest BCUT2D eigenvalue weighted by Gasteiger charge is 2.09. The molecule has 0 rings (SSSR count). The second-order valence-corrected chi connectivity index (χ2v) is 1.66. The number of carboxylic acid groups (broad SMARTS) is 1. The molecule has 1 amide bonds. The fourth-order valence-electron chi connectivity index (χ4n) is 0.347. The molecule has 0 heterocycles. The van der Waals surface area contributed by atoms with Crippen LogP contribution in [0.3, 0.4) is 0 Å². The van der Waals surface area contributed by atoms with Crippen molar-refractivity contribution in [3.8, 4) is 0 Å². The van der Waals surface area contributed by atoms with E-state index in [1.165, 1.54) is 0 Å². The number of aliphatic carboxylic acids is 1. The van der Waals surface area contributed by atoms with Gasteiger partial charge in [-0.15, -0.1) is 0 Å². The summed E-state index contributed by atoms with van der Waals surface area (Å²) < 4.78 is 0. The molecule has 0 aromatic carbocycles. The highest BCUT2D eigenvalue weighted by Crippen LogP contribution is 1.69. The molecule has 0 aliphatic rings. The molecule has 62 valence electrons. The number of carbonyl (C=O) groups is 2. The Balaban J connectivity index is 3.53. The van der Waals surface area contributed by atoms with Crippen LogP contribution in [0.25, 0.3) is 0 Å². The number of carbonyl (C=O) groups excluding carboxylic acids is 1. The van der Waals surface area contributed by atoms with Crippen molar-refractivity contribution in [1.82, 2.24) is 5.32 Å². The predicted molar refractivity (Wildman–Crippen MR) is 32.5 cm³/mol. The van der Waals surface area contributed by atoms with Crippen molar-refractivity contribution in [3.05, 3.63) is 10.1 Å². The molecule has 0 unspecified atom stereocenters. The fourth-order valence-corrected chi connectivity index (χ4v) is 0.347. The zero-order chi connectivity index (χ0) is 8.85. The summed E-state index contributed by atoms with van der Waals surface area (Å²) >= 11 is 0. The topological polar surface area (TPSA) is 110 Å². The third-order valence-electron chi connectivity index (χ3n) is 0.709. The van der Waals surface area contributed by atoms with Gasteiger partial charge in [-0.05, 0) is 0 Å². The van der Waals surface area contributed by atoms with E-state index in [-0.39, 0.29) is 0 Å². The first kappa shape index (κ1) is 9.34. The lowest BCUT2D eigenvalue weighted by Gasteiger charge is -1.95. The largest absolute Gasteiger partial charge is 0.480 e. The van der Waals surface area contributed by atoms with E-state index in [1.807, 2.05) is 5.32 Å². The Labute approximate surface area is 61.2 Å². The van der Waals surface area contributed by atoms with Gasteiger partial charge in [0.25, 0.3) is 12.5 Å². The summed E-state index contributed by atoms with van der Waals surface area (Å²) in [6.07, 6.45) is 0. The molecular weight excluding hydrogens is 156 g/mol. The lowest BCUT2D eigenvalue weighted by atomic mass is 10.5. The van der Waals surface area contributed by atoms with E-state index in [2.05, 4.69) is 0 Å². The summed E-state index contributed by atoms with van der Waals surface area (Å²) in [4.78, 5) is 29.0. The van der Waals surface area contributed by atoms with Gasteiger partial charge in [-0.1, -0.05) is 0 Å². The third-order valence-corrected chi connectivity index (χ3v) is 0.709. The van der Waals surface area contributed by atoms with Crippen molar-refractivity contribution in [2.75, 3.05) is 13.1 Å². The summed E-state index contributed by atoms with van der Waals surface area (Å²) in [7, 11) is 0. The molecule has 7 heteroatoms. The third kappa shape index (κ3) is 6.22. The molecule has 2 N–H and O–H groups in total. The van der Waals surface area contributed by atoms with E-state index in [9.17, 15) is 19.7 Å². The molecule has 7 nitrogen and oxygen atoms in total. The summed E-state index contributed by atoms with van der Waals surface area (Å²) in [5.74, 6) is -2.14. The molecule has 0 saturated heterocycles. The van der Waals surface area contributed by atoms with Gasteiger partial charge in [-0.3, -0.25) is 19.7 Å². The summed E-state index contributed by atoms with van der Waals surface area (Å²) in [6, 6.07) is 0. The van der Waals surface area contributed by atoms with Crippen LogP contribution >= 0.6 is 0 Å².